The lowest BCUT2D eigenvalue weighted by atomic mass is 10.2. The maximum atomic E-state index is 8.54. The fourth-order valence-corrected chi connectivity index (χ4v) is 1.69. The van der Waals surface area contributed by atoms with E-state index in [9.17, 15) is 0 Å². The summed E-state index contributed by atoms with van der Waals surface area (Å²) in [4.78, 5) is 10.6. The number of hydrogen-bond acceptors (Lipinski definition) is 5. The van der Waals surface area contributed by atoms with Gasteiger partial charge in [0.15, 0.2) is 0 Å². The van der Waals surface area contributed by atoms with Crippen LogP contribution in [0.5, 0.6) is 0 Å². The summed E-state index contributed by atoms with van der Waals surface area (Å²) < 4.78 is 0. The van der Waals surface area contributed by atoms with Crippen molar-refractivity contribution >= 4 is 5.84 Å². The zero-order valence-corrected chi connectivity index (χ0v) is 11.0. The smallest absolute Gasteiger partial charge is 0.142 e. The molecular formula is C12H21N5O. The Hall–Kier alpha value is -1.69. The first-order valence-electron chi connectivity index (χ1n) is 6.06. The highest BCUT2D eigenvalue weighted by Crippen LogP contribution is 2.04. The van der Waals surface area contributed by atoms with Gasteiger partial charge in [-0.15, -0.1) is 0 Å². The van der Waals surface area contributed by atoms with Crippen molar-refractivity contribution < 1.29 is 5.21 Å². The van der Waals surface area contributed by atoms with Crippen LogP contribution >= 0.6 is 0 Å². The Bertz CT molecular complexity index is 366. The molecule has 0 atom stereocenters. The molecule has 1 aromatic rings. The molecule has 100 valence electrons. The number of aromatic nitrogens is 2. The Balaban J connectivity index is 2.55. The molecule has 0 amide bonds. The highest BCUT2D eigenvalue weighted by molar-refractivity contribution is 5.79. The molecule has 1 rings (SSSR count). The van der Waals surface area contributed by atoms with Gasteiger partial charge in [-0.1, -0.05) is 19.0 Å². The molecule has 18 heavy (non-hydrogen) atoms. The maximum Gasteiger partial charge on any atom is 0.142 e. The van der Waals surface area contributed by atoms with Gasteiger partial charge in [0.05, 0.1) is 6.54 Å². The minimum Gasteiger partial charge on any atom is -0.409 e. The van der Waals surface area contributed by atoms with Crippen molar-refractivity contribution in [3.05, 3.63) is 24.3 Å². The highest BCUT2D eigenvalue weighted by atomic mass is 16.4. The van der Waals surface area contributed by atoms with Gasteiger partial charge in [-0.05, 0) is 12.0 Å². The van der Waals surface area contributed by atoms with E-state index in [4.69, 9.17) is 10.9 Å². The van der Waals surface area contributed by atoms with Crippen LogP contribution in [0.1, 0.15) is 26.1 Å². The summed E-state index contributed by atoms with van der Waals surface area (Å²) in [6.45, 7) is 6.64. The molecule has 0 aromatic carbocycles. The largest absolute Gasteiger partial charge is 0.409 e. The predicted octanol–water partition coefficient (Wildman–Crippen LogP) is 1.07. The predicted molar refractivity (Wildman–Crippen MR) is 70.2 cm³/mol. The van der Waals surface area contributed by atoms with E-state index >= 15 is 0 Å². The van der Waals surface area contributed by atoms with Crippen molar-refractivity contribution in [2.75, 3.05) is 13.1 Å². The second kappa shape index (κ2) is 7.60. The third-order valence-electron chi connectivity index (χ3n) is 2.42. The van der Waals surface area contributed by atoms with Crippen LogP contribution < -0.4 is 5.73 Å². The Morgan fingerprint density at radius 2 is 2.11 bits per heavy atom. The molecule has 0 saturated carbocycles. The van der Waals surface area contributed by atoms with E-state index in [1.54, 1.807) is 18.5 Å². The summed E-state index contributed by atoms with van der Waals surface area (Å²) in [5.74, 6) is 1.58. The van der Waals surface area contributed by atoms with Crippen molar-refractivity contribution in [2.24, 2.45) is 16.8 Å². The third-order valence-corrected chi connectivity index (χ3v) is 2.42. The van der Waals surface area contributed by atoms with Gasteiger partial charge in [0.25, 0.3) is 0 Å². The van der Waals surface area contributed by atoms with Gasteiger partial charge in [-0.2, -0.15) is 0 Å². The SMILES string of the molecule is CC(C)CN(CCC(N)=NO)Cc1ncccn1. The van der Waals surface area contributed by atoms with Crippen molar-refractivity contribution in [1.29, 1.82) is 0 Å². The number of hydrogen-bond donors (Lipinski definition) is 2. The first-order chi connectivity index (χ1) is 8.61. The molecule has 0 fully saturated rings. The van der Waals surface area contributed by atoms with Crippen LogP contribution in [0, 0.1) is 5.92 Å². The molecule has 1 heterocycles. The lowest BCUT2D eigenvalue weighted by Gasteiger charge is -2.23. The van der Waals surface area contributed by atoms with E-state index in [2.05, 4.69) is 33.9 Å². The standard InChI is InChI=1S/C12H21N5O/c1-10(2)8-17(7-4-11(13)16-18)9-12-14-5-3-6-15-12/h3,5-6,10,18H,4,7-9H2,1-2H3,(H2,13,16). The molecule has 0 radical (unpaired) electrons. The summed E-state index contributed by atoms with van der Waals surface area (Å²) in [7, 11) is 0. The van der Waals surface area contributed by atoms with Crippen LogP contribution in [0.15, 0.2) is 23.6 Å². The first kappa shape index (κ1) is 14.4. The molecule has 0 bridgehead atoms. The molecule has 6 nitrogen and oxygen atoms in total. The summed E-state index contributed by atoms with van der Waals surface area (Å²) in [6, 6.07) is 1.80. The molecule has 0 saturated heterocycles. The van der Waals surface area contributed by atoms with Gasteiger partial charge in [0, 0.05) is 31.9 Å². The number of rotatable bonds is 7. The highest BCUT2D eigenvalue weighted by Gasteiger charge is 2.10. The van der Waals surface area contributed by atoms with Gasteiger partial charge < -0.3 is 10.9 Å². The van der Waals surface area contributed by atoms with E-state index in [1.807, 2.05) is 0 Å². The van der Waals surface area contributed by atoms with Crippen molar-refractivity contribution in [1.82, 2.24) is 14.9 Å². The molecular weight excluding hydrogens is 230 g/mol. The number of nitrogens with zero attached hydrogens (tertiary/aromatic N) is 4. The van der Waals surface area contributed by atoms with Gasteiger partial charge in [0.2, 0.25) is 0 Å². The minimum absolute atomic E-state index is 0.248. The van der Waals surface area contributed by atoms with E-state index < -0.39 is 0 Å². The maximum absolute atomic E-state index is 8.54. The summed E-state index contributed by atoms with van der Waals surface area (Å²) in [6.07, 6.45) is 4.01. The monoisotopic (exact) mass is 251 g/mol. The molecule has 0 spiro atoms. The summed E-state index contributed by atoms with van der Waals surface area (Å²) in [5.41, 5.74) is 5.49. The second-order valence-electron chi connectivity index (χ2n) is 4.64. The van der Waals surface area contributed by atoms with Crippen molar-refractivity contribution in [3.63, 3.8) is 0 Å². The third kappa shape index (κ3) is 5.58. The number of amidine groups is 1. The van der Waals surface area contributed by atoms with Gasteiger partial charge in [-0.25, -0.2) is 9.97 Å². The molecule has 0 aliphatic heterocycles. The zero-order valence-electron chi connectivity index (χ0n) is 11.0. The van der Waals surface area contributed by atoms with Crippen LogP contribution in [0.4, 0.5) is 0 Å². The lowest BCUT2D eigenvalue weighted by molar-refractivity contribution is 0.235. The number of oxime groups is 1. The molecule has 3 N–H and O–H groups in total. The summed E-state index contributed by atoms with van der Waals surface area (Å²) >= 11 is 0. The van der Waals surface area contributed by atoms with Crippen molar-refractivity contribution in [2.45, 2.75) is 26.8 Å². The average molecular weight is 251 g/mol. The molecule has 6 heteroatoms. The molecule has 0 unspecified atom stereocenters. The van der Waals surface area contributed by atoms with Crippen LogP contribution in [0.2, 0.25) is 0 Å². The Morgan fingerprint density at radius 3 is 2.67 bits per heavy atom. The van der Waals surface area contributed by atoms with Gasteiger partial charge in [-0.3, -0.25) is 4.90 Å². The minimum atomic E-state index is 0.248. The van der Waals surface area contributed by atoms with Crippen LogP contribution in [0.3, 0.4) is 0 Å². The second-order valence-corrected chi connectivity index (χ2v) is 4.64. The Labute approximate surface area is 108 Å². The zero-order chi connectivity index (χ0) is 13.4. The van der Waals surface area contributed by atoms with Crippen molar-refractivity contribution in [3.8, 4) is 0 Å². The first-order valence-corrected chi connectivity index (χ1v) is 6.06. The quantitative estimate of drug-likeness (QED) is 0.327. The fraction of sp³-hybridized carbons (Fsp3) is 0.583. The van der Waals surface area contributed by atoms with E-state index in [0.29, 0.717) is 18.9 Å². The normalized spacial score (nSPS) is 12.3. The topological polar surface area (TPSA) is 87.6 Å². The lowest BCUT2D eigenvalue weighted by Crippen LogP contribution is -2.31. The van der Waals surface area contributed by atoms with E-state index in [1.165, 1.54) is 0 Å². The molecule has 0 aliphatic rings. The van der Waals surface area contributed by atoms with Gasteiger partial charge in [0.1, 0.15) is 11.7 Å². The summed E-state index contributed by atoms with van der Waals surface area (Å²) in [5, 5.41) is 11.5. The van der Waals surface area contributed by atoms with E-state index in [0.717, 1.165) is 18.9 Å². The van der Waals surface area contributed by atoms with E-state index in [-0.39, 0.29) is 5.84 Å². The fourth-order valence-electron chi connectivity index (χ4n) is 1.69. The average Bonchev–Trinajstić information content (AvgIpc) is 2.36. The van der Waals surface area contributed by atoms with Crippen LogP contribution in [-0.4, -0.2) is 39.0 Å². The molecule has 0 aliphatic carbocycles. The molecule has 1 aromatic heterocycles. The van der Waals surface area contributed by atoms with Crippen LogP contribution in [0.25, 0.3) is 0 Å². The Morgan fingerprint density at radius 1 is 1.44 bits per heavy atom. The Kier molecular flexibility index (Phi) is 6.07. The number of nitrogens with two attached hydrogens (primary N) is 1. The van der Waals surface area contributed by atoms with Crippen LogP contribution in [-0.2, 0) is 6.54 Å². The van der Waals surface area contributed by atoms with Gasteiger partial charge >= 0.3 is 0 Å².